The molecular weight excluding hydrogens is 440 g/mol. The van der Waals surface area contributed by atoms with E-state index < -0.39 is 0 Å². The van der Waals surface area contributed by atoms with Gasteiger partial charge in [0.2, 0.25) is 0 Å². The minimum absolute atomic E-state index is 0.872. The third kappa shape index (κ3) is 2.11. The van der Waals surface area contributed by atoms with E-state index in [-0.39, 0.29) is 0 Å². The quantitative estimate of drug-likeness (QED) is 0.231. The van der Waals surface area contributed by atoms with E-state index in [0.29, 0.717) is 0 Å². The summed E-state index contributed by atoms with van der Waals surface area (Å²) in [5, 5.41) is 6.02. The van der Waals surface area contributed by atoms with E-state index in [9.17, 15) is 0 Å². The Morgan fingerprint density at radius 1 is 0.389 bits per heavy atom. The number of nitrogens with zero attached hydrogens (tertiary/aromatic N) is 4. The molecule has 0 aliphatic carbocycles. The van der Waals surface area contributed by atoms with Crippen LogP contribution in [0.15, 0.2) is 109 Å². The van der Waals surface area contributed by atoms with E-state index in [0.717, 1.165) is 38.6 Å². The summed E-state index contributed by atoms with van der Waals surface area (Å²) in [7, 11) is 0. The fourth-order valence-electron chi connectivity index (χ4n) is 6.17. The summed E-state index contributed by atoms with van der Waals surface area (Å²) in [6.07, 6.45) is 0. The van der Waals surface area contributed by atoms with Crippen LogP contribution in [-0.2, 0) is 0 Å². The Balaban J connectivity index is 1.80. The molecule has 9 rings (SSSR count). The number of fused-ring (bicyclic) bond motifs is 12. The highest BCUT2D eigenvalue weighted by Gasteiger charge is 2.21. The fraction of sp³-hybridized carbons (Fsp3) is 0. The summed E-state index contributed by atoms with van der Waals surface area (Å²) in [5.74, 6) is 0. The summed E-state index contributed by atoms with van der Waals surface area (Å²) >= 11 is 0. The van der Waals surface area contributed by atoms with Crippen molar-refractivity contribution in [1.29, 1.82) is 0 Å². The molecule has 0 saturated carbocycles. The lowest BCUT2D eigenvalue weighted by Gasteiger charge is -2.10. The molecule has 4 heteroatoms. The van der Waals surface area contributed by atoms with Crippen molar-refractivity contribution in [1.82, 2.24) is 18.8 Å². The minimum Gasteiger partial charge on any atom is -0.306 e. The second kappa shape index (κ2) is 6.37. The summed E-state index contributed by atoms with van der Waals surface area (Å²) in [6, 6.07) is 38.6. The smallest absolute Gasteiger partial charge is 0.165 e. The molecule has 0 amide bonds. The maximum atomic E-state index is 5.27. The number of para-hydroxylation sites is 5. The Labute approximate surface area is 204 Å². The molecule has 9 aromatic rings. The van der Waals surface area contributed by atoms with Gasteiger partial charge in [0.25, 0.3) is 0 Å². The topological polar surface area (TPSA) is 34.6 Å². The van der Waals surface area contributed by atoms with Crippen molar-refractivity contribution in [2.75, 3.05) is 0 Å². The van der Waals surface area contributed by atoms with Crippen molar-refractivity contribution < 1.29 is 0 Å². The van der Waals surface area contributed by atoms with Gasteiger partial charge in [-0.1, -0.05) is 78.9 Å². The van der Waals surface area contributed by atoms with E-state index >= 15 is 0 Å². The van der Waals surface area contributed by atoms with Crippen LogP contribution in [0.5, 0.6) is 0 Å². The Morgan fingerprint density at radius 3 is 1.53 bits per heavy atom. The number of hydrogen-bond donors (Lipinski definition) is 0. The van der Waals surface area contributed by atoms with Gasteiger partial charge in [0, 0.05) is 26.9 Å². The summed E-state index contributed by atoms with van der Waals surface area (Å²) in [4.78, 5) is 10.5. The average Bonchev–Trinajstić information content (AvgIpc) is 3.44. The van der Waals surface area contributed by atoms with Crippen molar-refractivity contribution in [2.45, 2.75) is 0 Å². The predicted molar refractivity (Wildman–Crippen MR) is 149 cm³/mol. The molecular formula is C32H18N4. The van der Waals surface area contributed by atoms with Gasteiger partial charge in [-0.2, -0.15) is 0 Å². The molecule has 0 saturated heterocycles. The van der Waals surface area contributed by atoms with Crippen molar-refractivity contribution in [2.24, 2.45) is 0 Å². The number of aromatic nitrogens is 4. The lowest BCUT2D eigenvalue weighted by Crippen LogP contribution is -1.98. The number of rotatable bonds is 0. The Morgan fingerprint density at radius 2 is 0.861 bits per heavy atom. The van der Waals surface area contributed by atoms with E-state index in [2.05, 4.69) is 93.7 Å². The summed E-state index contributed by atoms with van der Waals surface area (Å²) in [6.45, 7) is 0. The Hall–Kier alpha value is -4.96. The average molecular weight is 459 g/mol. The molecule has 0 aliphatic rings. The Bertz CT molecular complexity index is 2370. The molecule has 0 radical (unpaired) electrons. The van der Waals surface area contributed by atoms with Crippen molar-refractivity contribution >= 4 is 76.7 Å². The van der Waals surface area contributed by atoms with Crippen molar-refractivity contribution in [3.05, 3.63) is 109 Å². The van der Waals surface area contributed by atoms with Crippen molar-refractivity contribution in [3.8, 4) is 0 Å². The van der Waals surface area contributed by atoms with Gasteiger partial charge in [-0.15, -0.1) is 0 Å². The first-order valence-corrected chi connectivity index (χ1v) is 12.2. The van der Waals surface area contributed by atoms with Crippen LogP contribution in [0.3, 0.4) is 0 Å². The van der Waals surface area contributed by atoms with Crippen LogP contribution in [-0.4, -0.2) is 18.8 Å². The van der Waals surface area contributed by atoms with Gasteiger partial charge in [0.05, 0.1) is 38.6 Å². The molecule has 0 fully saturated rings. The zero-order chi connectivity index (χ0) is 23.4. The van der Waals surface area contributed by atoms with E-state index in [1.165, 1.54) is 38.1 Å². The van der Waals surface area contributed by atoms with Gasteiger partial charge in [-0.25, -0.2) is 9.97 Å². The molecule has 0 atom stereocenters. The summed E-state index contributed by atoms with van der Waals surface area (Å²) < 4.78 is 4.77. The fourth-order valence-corrected chi connectivity index (χ4v) is 6.17. The third-order valence-electron chi connectivity index (χ3n) is 7.63. The lowest BCUT2D eigenvalue weighted by molar-refractivity contribution is 1.24. The highest BCUT2D eigenvalue weighted by Crippen LogP contribution is 2.41. The molecule has 0 aliphatic heterocycles. The van der Waals surface area contributed by atoms with E-state index in [1.54, 1.807) is 0 Å². The zero-order valence-corrected chi connectivity index (χ0v) is 19.2. The number of hydrogen-bond acceptors (Lipinski definition) is 2. The van der Waals surface area contributed by atoms with Gasteiger partial charge in [0.1, 0.15) is 5.52 Å². The van der Waals surface area contributed by atoms with Crippen LogP contribution < -0.4 is 0 Å². The SMILES string of the molecule is c1ccc2nc3c(nc2c1)c1ccccc1n1c2ccccc2c2ccc4c5ccccc5n3c4c21. The minimum atomic E-state index is 0.872. The van der Waals surface area contributed by atoms with Crippen LogP contribution in [0.2, 0.25) is 0 Å². The third-order valence-corrected chi connectivity index (χ3v) is 7.63. The van der Waals surface area contributed by atoms with Crippen LogP contribution in [0, 0.1) is 0 Å². The summed E-state index contributed by atoms with van der Waals surface area (Å²) in [5.41, 5.74) is 9.40. The first kappa shape index (κ1) is 18.4. The maximum absolute atomic E-state index is 5.27. The Kier molecular flexibility index (Phi) is 3.25. The highest BCUT2D eigenvalue weighted by molar-refractivity contribution is 6.25. The molecule has 4 aromatic heterocycles. The van der Waals surface area contributed by atoms with Gasteiger partial charge in [0.15, 0.2) is 5.65 Å². The van der Waals surface area contributed by atoms with Crippen LogP contribution >= 0.6 is 0 Å². The van der Waals surface area contributed by atoms with Crippen LogP contribution in [0.25, 0.3) is 76.7 Å². The molecule has 4 heterocycles. The standard InChI is InChI=1S/C32H18N4/c1-6-14-26-19(9-1)21-17-18-22-20-10-2-7-15-27(20)36-31(22)30(21)35(26)28-16-8-3-11-23(28)29-32(36)34-25-13-5-4-12-24(25)33-29/h1-18H. The normalized spacial score (nSPS) is 12.4. The van der Waals surface area contributed by atoms with E-state index in [4.69, 9.17) is 9.97 Å². The zero-order valence-electron chi connectivity index (χ0n) is 19.2. The molecule has 5 aromatic carbocycles. The van der Waals surface area contributed by atoms with Gasteiger partial charge < -0.3 is 4.40 Å². The molecule has 0 bridgehead atoms. The molecule has 0 N–H and O–H groups in total. The second-order valence-electron chi connectivity index (χ2n) is 9.46. The van der Waals surface area contributed by atoms with Crippen LogP contribution in [0.1, 0.15) is 0 Å². The van der Waals surface area contributed by atoms with Crippen molar-refractivity contribution in [3.63, 3.8) is 0 Å². The molecule has 0 unspecified atom stereocenters. The lowest BCUT2D eigenvalue weighted by atomic mass is 10.1. The first-order chi connectivity index (χ1) is 17.9. The predicted octanol–water partition coefficient (Wildman–Crippen LogP) is 7.90. The monoisotopic (exact) mass is 458 g/mol. The molecule has 166 valence electrons. The second-order valence-corrected chi connectivity index (χ2v) is 9.46. The largest absolute Gasteiger partial charge is 0.306 e. The van der Waals surface area contributed by atoms with E-state index in [1.807, 2.05) is 24.3 Å². The molecule has 4 nitrogen and oxygen atoms in total. The maximum Gasteiger partial charge on any atom is 0.165 e. The first-order valence-electron chi connectivity index (χ1n) is 12.2. The van der Waals surface area contributed by atoms with Gasteiger partial charge >= 0.3 is 0 Å². The van der Waals surface area contributed by atoms with Gasteiger partial charge in [-0.3, -0.25) is 4.40 Å². The van der Waals surface area contributed by atoms with Crippen LogP contribution in [0.4, 0.5) is 0 Å². The molecule has 36 heavy (non-hydrogen) atoms. The van der Waals surface area contributed by atoms with Gasteiger partial charge in [-0.05, 0) is 30.3 Å². The molecule has 0 spiro atoms. The number of benzene rings is 5. The highest BCUT2D eigenvalue weighted by atomic mass is 15.0.